The number of aliphatic carboxylic acids is 1. The molecule has 0 radical (unpaired) electrons. The van der Waals surface area contributed by atoms with E-state index in [0.717, 1.165) is 11.3 Å². The summed E-state index contributed by atoms with van der Waals surface area (Å²) in [6.07, 6.45) is 0.617. The van der Waals surface area contributed by atoms with E-state index in [1.54, 1.807) is 18.7 Å². The molecule has 4 nitrogen and oxygen atoms in total. The Morgan fingerprint density at radius 2 is 1.95 bits per heavy atom. The number of hydrogen-bond donors (Lipinski definition) is 2. The normalized spacial score (nSPS) is 13.5. The van der Waals surface area contributed by atoms with Crippen LogP contribution in [0.4, 0.5) is 0 Å². The van der Waals surface area contributed by atoms with Gasteiger partial charge < -0.3 is 10.4 Å². The number of hydrogen-bond acceptors (Lipinski definition) is 3. The molecule has 1 atom stereocenters. The molecule has 0 saturated carbocycles. The maximum Gasteiger partial charge on any atom is 0.329 e. The third-order valence-electron chi connectivity index (χ3n) is 2.97. The summed E-state index contributed by atoms with van der Waals surface area (Å²) in [5.41, 5.74) is -0.379. The molecule has 0 aliphatic heterocycles. The molecule has 110 valence electrons. The highest BCUT2D eigenvalue weighted by molar-refractivity contribution is 7.99. The number of benzene rings is 1. The van der Waals surface area contributed by atoms with Crippen LogP contribution in [0.15, 0.2) is 30.3 Å². The monoisotopic (exact) mass is 295 g/mol. The maximum atomic E-state index is 11.8. The van der Waals surface area contributed by atoms with Crippen LogP contribution in [0, 0.1) is 0 Å². The highest BCUT2D eigenvalue weighted by Gasteiger charge is 2.34. The third-order valence-corrected chi connectivity index (χ3v) is 3.87. The zero-order valence-electron chi connectivity index (χ0n) is 11.9. The number of rotatable bonds is 8. The lowest BCUT2D eigenvalue weighted by molar-refractivity contribution is -0.146. The summed E-state index contributed by atoms with van der Waals surface area (Å²) in [6.45, 7) is 3.58. The third kappa shape index (κ3) is 5.25. The number of amides is 1. The second-order valence-corrected chi connectivity index (χ2v) is 6.19. The lowest BCUT2D eigenvalue weighted by atomic mass is 9.92. The fourth-order valence-electron chi connectivity index (χ4n) is 1.86. The van der Waals surface area contributed by atoms with Crippen molar-refractivity contribution in [1.82, 2.24) is 5.32 Å². The van der Waals surface area contributed by atoms with Gasteiger partial charge in [0.1, 0.15) is 5.54 Å². The Balaban J connectivity index is 2.67. The Hall–Kier alpha value is -1.49. The number of carboxylic acid groups (broad SMARTS) is 1. The minimum absolute atomic E-state index is 0.216. The molecule has 1 amide bonds. The van der Waals surface area contributed by atoms with Gasteiger partial charge in [0.15, 0.2) is 0 Å². The molecule has 0 heterocycles. The van der Waals surface area contributed by atoms with Crippen molar-refractivity contribution in [3.63, 3.8) is 0 Å². The molecule has 0 fully saturated rings. The number of carboxylic acids is 1. The first kappa shape index (κ1) is 16.6. The first-order chi connectivity index (χ1) is 9.48. The largest absolute Gasteiger partial charge is 0.480 e. The van der Waals surface area contributed by atoms with Crippen molar-refractivity contribution in [2.24, 2.45) is 0 Å². The van der Waals surface area contributed by atoms with Gasteiger partial charge in [-0.3, -0.25) is 4.79 Å². The van der Waals surface area contributed by atoms with Crippen LogP contribution >= 0.6 is 11.8 Å². The predicted octanol–water partition coefficient (Wildman–Crippen LogP) is 2.33. The van der Waals surface area contributed by atoms with E-state index in [1.165, 1.54) is 0 Å². The van der Waals surface area contributed by atoms with Crippen molar-refractivity contribution in [3.05, 3.63) is 35.9 Å². The van der Waals surface area contributed by atoms with E-state index in [9.17, 15) is 14.7 Å². The summed E-state index contributed by atoms with van der Waals surface area (Å²) in [6, 6.07) is 9.32. The van der Waals surface area contributed by atoms with Crippen molar-refractivity contribution < 1.29 is 14.7 Å². The van der Waals surface area contributed by atoms with Crippen LogP contribution in [0.5, 0.6) is 0 Å². The second kappa shape index (κ2) is 7.94. The van der Waals surface area contributed by atoms with Gasteiger partial charge in [-0.15, -0.1) is 0 Å². The van der Waals surface area contributed by atoms with Crippen molar-refractivity contribution in [3.8, 4) is 0 Å². The molecule has 0 aliphatic carbocycles. The number of carbonyl (C=O) groups excluding carboxylic acids is 1. The first-order valence-electron chi connectivity index (χ1n) is 6.64. The highest BCUT2D eigenvalue weighted by atomic mass is 32.2. The molecule has 0 saturated heterocycles. The molecule has 0 aromatic heterocycles. The molecule has 5 heteroatoms. The van der Waals surface area contributed by atoms with Crippen LogP contribution in [-0.2, 0) is 16.0 Å². The topological polar surface area (TPSA) is 66.4 Å². The molecular weight excluding hydrogens is 274 g/mol. The van der Waals surface area contributed by atoms with Gasteiger partial charge in [-0.1, -0.05) is 37.3 Å². The molecule has 1 rings (SSSR count). The fraction of sp³-hybridized carbons (Fsp3) is 0.467. The Kier molecular flexibility index (Phi) is 6.58. The van der Waals surface area contributed by atoms with E-state index in [0.29, 0.717) is 12.2 Å². The molecular formula is C15H21NO3S. The van der Waals surface area contributed by atoms with Gasteiger partial charge in [-0.2, -0.15) is 11.8 Å². The Bertz CT molecular complexity index is 450. The van der Waals surface area contributed by atoms with Crippen LogP contribution in [0.1, 0.15) is 25.8 Å². The van der Waals surface area contributed by atoms with Gasteiger partial charge in [0.05, 0.1) is 0 Å². The summed E-state index contributed by atoms with van der Waals surface area (Å²) in [7, 11) is 0. The lowest BCUT2D eigenvalue weighted by Crippen LogP contribution is -2.53. The predicted molar refractivity (Wildman–Crippen MR) is 81.9 cm³/mol. The summed E-state index contributed by atoms with van der Waals surface area (Å²) < 4.78 is 0. The van der Waals surface area contributed by atoms with Crippen molar-refractivity contribution in [2.75, 3.05) is 11.5 Å². The summed E-state index contributed by atoms with van der Waals surface area (Å²) in [5.74, 6) is 0.432. The molecule has 1 unspecified atom stereocenters. The van der Waals surface area contributed by atoms with Crippen LogP contribution in [0.3, 0.4) is 0 Å². The minimum Gasteiger partial charge on any atom is -0.480 e. The quantitative estimate of drug-likeness (QED) is 0.722. The van der Waals surface area contributed by atoms with Gasteiger partial charge in [-0.25, -0.2) is 4.79 Å². The van der Waals surface area contributed by atoms with E-state index in [2.05, 4.69) is 5.32 Å². The van der Waals surface area contributed by atoms with Gasteiger partial charge in [0, 0.05) is 18.6 Å². The van der Waals surface area contributed by atoms with Crippen LogP contribution in [-0.4, -0.2) is 34.0 Å². The fourth-order valence-corrected chi connectivity index (χ4v) is 2.48. The number of thioether (sulfide) groups is 1. The van der Waals surface area contributed by atoms with E-state index in [-0.39, 0.29) is 12.3 Å². The van der Waals surface area contributed by atoms with Crippen molar-refractivity contribution >= 4 is 23.6 Å². The Morgan fingerprint density at radius 1 is 1.30 bits per heavy atom. The van der Waals surface area contributed by atoms with E-state index in [1.807, 2.05) is 37.3 Å². The number of carbonyl (C=O) groups is 2. The van der Waals surface area contributed by atoms with Gasteiger partial charge in [0.2, 0.25) is 5.91 Å². The molecule has 0 bridgehead atoms. The molecule has 1 aromatic rings. The zero-order valence-corrected chi connectivity index (χ0v) is 12.7. The van der Waals surface area contributed by atoms with Gasteiger partial charge in [-0.05, 0) is 18.2 Å². The van der Waals surface area contributed by atoms with Crippen molar-refractivity contribution in [2.45, 2.75) is 32.2 Å². The second-order valence-electron chi connectivity index (χ2n) is 4.79. The average molecular weight is 295 g/mol. The smallest absolute Gasteiger partial charge is 0.329 e. The van der Waals surface area contributed by atoms with E-state index in [4.69, 9.17) is 0 Å². The maximum absolute atomic E-state index is 11.8. The Labute approximate surface area is 124 Å². The average Bonchev–Trinajstić information content (AvgIpc) is 2.39. The van der Waals surface area contributed by atoms with Gasteiger partial charge in [0.25, 0.3) is 0 Å². The van der Waals surface area contributed by atoms with Crippen LogP contribution in [0.25, 0.3) is 0 Å². The first-order valence-corrected chi connectivity index (χ1v) is 7.79. The molecule has 2 N–H and O–H groups in total. The molecule has 0 aliphatic rings. The Morgan fingerprint density at radius 3 is 2.50 bits per heavy atom. The minimum atomic E-state index is -1.27. The van der Waals surface area contributed by atoms with Crippen LogP contribution < -0.4 is 5.32 Å². The molecule has 20 heavy (non-hydrogen) atoms. The standard InChI is InChI=1S/C15H21NO3S/c1-3-20-10-9-13(17)16-15(2,14(18)19)11-12-7-5-4-6-8-12/h4-8H,3,9-11H2,1-2H3,(H,16,17)(H,18,19). The van der Waals surface area contributed by atoms with E-state index < -0.39 is 11.5 Å². The van der Waals surface area contributed by atoms with Crippen LogP contribution in [0.2, 0.25) is 0 Å². The van der Waals surface area contributed by atoms with Gasteiger partial charge >= 0.3 is 5.97 Å². The number of nitrogens with one attached hydrogen (secondary N) is 1. The SMILES string of the molecule is CCSCCC(=O)NC(C)(Cc1ccccc1)C(=O)O. The molecule has 0 spiro atoms. The van der Waals surface area contributed by atoms with Crippen molar-refractivity contribution in [1.29, 1.82) is 0 Å². The van der Waals surface area contributed by atoms with E-state index >= 15 is 0 Å². The highest BCUT2D eigenvalue weighted by Crippen LogP contribution is 2.14. The zero-order chi connectivity index (χ0) is 15.0. The summed E-state index contributed by atoms with van der Waals surface area (Å²) in [4.78, 5) is 23.3. The summed E-state index contributed by atoms with van der Waals surface area (Å²) in [5, 5.41) is 12.0. The lowest BCUT2D eigenvalue weighted by Gasteiger charge is -2.26. The molecule has 1 aromatic carbocycles. The summed E-state index contributed by atoms with van der Waals surface area (Å²) >= 11 is 1.67.